The van der Waals surface area contributed by atoms with Gasteiger partial charge in [-0.25, -0.2) is 4.98 Å². The lowest BCUT2D eigenvalue weighted by Gasteiger charge is -2.24. The van der Waals surface area contributed by atoms with E-state index in [-0.39, 0.29) is 17.9 Å². The molecule has 2 aliphatic rings. The smallest absolute Gasteiger partial charge is 0.223 e. The Labute approximate surface area is 140 Å². The summed E-state index contributed by atoms with van der Waals surface area (Å²) in [6.07, 6.45) is 4.06. The summed E-state index contributed by atoms with van der Waals surface area (Å²) in [5.74, 6) is 2.10. The third-order valence-corrected chi connectivity index (χ3v) is 4.54. The van der Waals surface area contributed by atoms with E-state index in [1.165, 1.54) is 0 Å². The van der Waals surface area contributed by atoms with Gasteiger partial charge in [0.2, 0.25) is 5.91 Å². The van der Waals surface area contributed by atoms with Crippen molar-refractivity contribution in [3.63, 3.8) is 0 Å². The second kappa shape index (κ2) is 6.28. The van der Waals surface area contributed by atoms with Crippen molar-refractivity contribution in [1.82, 2.24) is 14.9 Å². The second-order valence-corrected chi connectivity index (χ2v) is 6.35. The first-order chi connectivity index (χ1) is 11.7. The highest BCUT2D eigenvalue weighted by Crippen LogP contribution is 2.30. The van der Waals surface area contributed by atoms with Gasteiger partial charge in [0.15, 0.2) is 0 Å². The SMILES string of the molecule is COc1ccccc1-c1cn2c(n1)CO[C@@H](CNC(=O)C1CC1)C2. The molecule has 126 valence electrons. The number of aromatic nitrogens is 2. The average Bonchev–Trinajstić information content (AvgIpc) is 3.38. The van der Waals surface area contributed by atoms with E-state index in [0.29, 0.717) is 19.7 Å². The minimum Gasteiger partial charge on any atom is -0.496 e. The lowest BCUT2D eigenvalue weighted by atomic mass is 10.1. The van der Waals surface area contributed by atoms with Crippen molar-refractivity contribution in [2.45, 2.75) is 32.1 Å². The quantitative estimate of drug-likeness (QED) is 0.912. The van der Waals surface area contributed by atoms with Crippen LogP contribution in [0.25, 0.3) is 11.3 Å². The zero-order valence-electron chi connectivity index (χ0n) is 13.7. The molecule has 0 radical (unpaired) electrons. The highest BCUT2D eigenvalue weighted by molar-refractivity contribution is 5.80. The molecule has 0 unspecified atom stereocenters. The highest BCUT2D eigenvalue weighted by atomic mass is 16.5. The molecular formula is C18H21N3O3. The molecule has 6 nitrogen and oxygen atoms in total. The Morgan fingerprint density at radius 2 is 2.25 bits per heavy atom. The van der Waals surface area contributed by atoms with Crippen LogP contribution in [0.2, 0.25) is 0 Å². The summed E-state index contributed by atoms with van der Waals surface area (Å²) in [7, 11) is 1.66. The summed E-state index contributed by atoms with van der Waals surface area (Å²) < 4.78 is 13.4. The maximum atomic E-state index is 11.8. The number of fused-ring (bicyclic) bond motifs is 1. The molecule has 1 amide bonds. The van der Waals surface area contributed by atoms with Gasteiger partial charge in [-0.3, -0.25) is 4.79 Å². The maximum absolute atomic E-state index is 11.8. The van der Waals surface area contributed by atoms with E-state index in [1.807, 2.05) is 30.5 Å². The van der Waals surface area contributed by atoms with Crippen molar-refractivity contribution in [3.05, 3.63) is 36.3 Å². The molecule has 0 saturated heterocycles. The normalized spacial score (nSPS) is 19.6. The Bertz CT molecular complexity index is 752. The number of carbonyl (C=O) groups is 1. The zero-order chi connectivity index (χ0) is 16.5. The molecule has 2 aromatic rings. The molecule has 1 saturated carbocycles. The third-order valence-electron chi connectivity index (χ3n) is 4.54. The van der Waals surface area contributed by atoms with Crippen LogP contribution in [-0.4, -0.2) is 35.2 Å². The molecule has 1 aliphatic heterocycles. The van der Waals surface area contributed by atoms with Gasteiger partial charge in [-0.1, -0.05) is 12.1 Å². The van der Waals surface area contributed by atoms with Crippen LogP contribution >= 0.6 is 0 Å². The molecule has 0 bridgehead atoms. The van der Waals surface area contributed by atoms with Crippen LogP contribution < -0.4 is 10.1 Å². The van der Waals surface area contributed by atoms with E-state index in [1.54, 1.807) is 7.11 Å². The van der Waals surface area contributed by atoms with Crippen molar-refractivity contribution in [3.8, 4) is 17.0 Å². The maximum Gasteiger partial charge on any atom is 0.223 e. The molecule has 0 spiro atoms. The van der Waals surface area contributed by atoms with Gasteiger partial charge >= 0.3 is 0 Å². The Kier molecular flexibility index (Phi) is 3.98. The lowest BCUT2D eigenvalue weighted by molar-refractivity contribution is -0.123. The molecule has 1 atom stereocenters. The summed E-state index contributed by atoms with van der Waals surface area (Å²) in [6.45, 7) is 1.71. The van der Waals surface area contributed by atoms with E-state index in [4.69, 9.17) is 9.47 Å². The van der Waals surface area contributed by atoms with E-state index >= 15 is 0 Å². The minimum absolute atomic E-state index is 0.0140. The van der Waals surface area contributed by atoms with Crippen molar-refractivity contribution in [1.29, 1.82) is 0 Å². The largest absolute Gasteiger partial charge is 0.496 e. The Morgan fingerprint density at radius 1 is 1.42 bits per heavy atom. The second-order valence-electron chi connectivity index (χ2n) is 6.35. The van der Waals surface area contributed by atoms with E-state index in [9.17, 15) is 4.79 Å². The first kappa shape index (κ1) is 15.2. The number of nitrogens with one attached hydrogen (secondary N) is 1. The molecule has 1 aliphatic carbocycles. The fourth-order valence-corrected chi connectivity index (χ4v) is 3.01. The standard InChI is InChI=1S/C18H21N3O3/c1-23-16-5-3-2-4-14(16)15-10-21-9-13(24-11-17(21)20-15)8-19-18(22)12-6-7-12/h2-5,10,12-13H,6-9,11H2,1H3,(H,19,22)/t13-/m0/s1. The molecule has 1 N–H and O–H groups in total. The number of carbonyl (C=O) groups excluding carboxylic acids is 1. The van der Waals surface area contributed by atoms with E-state index in [2.05, 4.69) is 14.9 Å². The summed E-state index contributed by atoms with van der Waals surface area (Å²) in [6, 6.07) is 7.85. The number of rotatable bonds is 5. The Balaban J connectivity index is 1.46. The molecular weight excluding hydrogens is 306 g/mol. The summed E-state index contributed by atoms with van der Waals surface area (Å²) in [5, 5.41) is 2.98. The lowest BCUT2D eigenvalue weighted by Crippen LogP contribution is -2.39. The zero-order valence-corrected chi connectivity index (χ0v) is 13.7. The van der Waals surface area contributed by atoms with Gasteiger partial charge < -0.3 is 19.4 Å². The van der Waals surface area contributed by atoms with Crippen LogP contribution in [-0.2, 0) is 22.7 Å². The van der Waals surface area contributed by atoms with E-state index < -0.39 is 0 Å². The summed E-state index contributed by atoms with van der Waals surface area (Å²) in [5.41, 5.74) is 1.86. The fourth-order valence-electron chi connectivity index (χ4n) is 3.01. The predicted molar refractivity (Wildman–Crippen MR) is 88.5 cm³/mol. The first-order valence-corrected chi connectivity index (χ1v) is 8.33. The summed E-state index contributed by atoms with van der Waals surface area (Å²) >= 11 is 0. The van der Waals surface area contributed by atoms with Gasteiger partial charge in [-0.15, -0.1) is 0 Å². The van der Waals surface area contributed by atoms with Crippen molar-refractivity contribution < 1.29 is 14.3 Å². The van der Waals surface area contributed by atoms with Crippen LogP contribution in [0.4, 0.5) is 0 Å². The molecule has 24 heavy (non-hydrogen) atoms. The van der Waals surface area contributed by atoms with Crippen LogP contribution in [0.1, 0.15) is 18.7 Å². The molecule has 1 aromatic carbocycles. The number of nitrogens with zero attached hydrogens (tertiary/aromatic N) is 2. The minimum atomic E-state index is -0.0140. The number of methoxy groups -OCH3 is 1. The highest BCUT2D eigenvalue weighted by Gasteiger charge is 2.30. The summed E-state index contributed by atoms with van der Waals surface area (Å²) in [4.78, 5) is 16.4. The number of para-hydroxylation sites is 1. The molecule has 2 heterocycles. The molecule has 1 fully saturated rings. The topological polar surface area (TPSA) is 65.4 Å². The van der Waals surface area contributed by atoms with Gasteiger partial charge in [0.1, 0.15) is 18.2 Å². The van der Waals surface area contributed by atoms with Gasteiger partial charge in [-0.05, 0) is 25.0 Å². The fraction of sp³-hybridized carbons (Fsp3) is 0.444. The molecule has 1 aromatic heterocycles. The third kappa shape index (κ3) is 3.01. The number of amides is 1. The van der Waals surface area contributed by atoms with Crippen molar-refractivity contribution in [2.24, 2.45) is 5.92 Å². The molecule has 4 rings (SSSR count). The predicted octanol–water partition coefficient (Wildman–Crippen LogP) is 1.98. The van der Waals surface area contributed by atoms with E-state index in [0.717, 1.165) is 35.7 Å². The Morgan fingerprint density at radius 3 is 3.04 bits per heavy atom. The monoisotopic (exact) mass is 327 g/mol. The van der Waals surface area contributed by atoms with Gasteiger partial charge in [0.25, 0.3) is 0 Å². The molecule has 6 heteroatoms. The number of hydrogen-bond acceptors (Lipinski definition) is 4. The van der Waals surface area contributed by atoms with Crippen LogP contribution in [0.3, 0.4) is 0 Å². The van der Waals surface area contributed by atoms with Gasteiger partial charge in [0, 0.05) is 24.2 Å². The van der Waals surface area contributed by atoms with Crippen molar-refractivity contribution in [2.75, 3.05) is 13.7 Å². The van der Waals surface area contributed by atoms with Crippen LogP contribution in [0.5, 0.6) is 5.75 Å². The van der Waals surface area contributed by atoms with Gasteiger partial charge in [-0.2, -0.15) is 0 Å². The first-order valence-electron chi connectivity index (χ1n) is 8.33. The number of benzene rings is 1. The average molecular weight is 327 g/mol. The number of imidazole rings is 1. The number of ether oxygens (including phenoxy) is 2. The van der Waals surface area contributed by atoms with Crippen LogP contribution in [0.15, 0.2) is 30.5 Å². The van der Waals surface area contributed by atoms with Crippen molar-refractivity contribution >= 4 is 5.91 Å². The van der Waals surface area contributed by atoms with Crippen LogP contribution in [0, 0.1) is 5.92 Å². The Hall–Kier alpha value is -2.34. The number of hydrogen-bond donors (Lipinski definition) is 1. The van der Waals surface area contributed by atoms with Gasteiger partial charge in [0.05, 0.1) is 25.5 Å².